The maximum atomic E-state index is 11.6. The van der Waals surface area contributed by atoms with Crippen molar-refractivity contribution < 1.29 is 14.6 Å². The second kappa shape index (κ2) is 5.83. The van der Waals surface area contributed by atoms with Crippen molar-refractivity contribution in [3.8, 4) is 0 Å². The molecule has 0 spiro atoms. The average molecular weight is 359 g/mol. The van der Waals surface area contributed by atoms with Crippen molar-refractivity contribution in [2.45, 2.75) is 77.7 Å². The molecule has 4 saturated carbocycles. The summed E-state index contributed by atoms with van der Waals surface area (Å²) in [5.41, 5.74) is 1.79. The van der Waals surface area contributed by atoms with Crippen LogP contribution in [0.25, 0.3) is 0 Å². The second-order valence-corrected chi connectivity index (χ2v) is 10.5. The molecule has 0 aromatic carbocycles. The van der Waals surface area contributed by atoms with E-state index >= 15 is 0 Å². The smallest absolute Gasteiger partial charge is 0.331 e. The van der Waals surface area contributed by atoms with E-state index in [1.54, 1.807) is 6.08 Å². The summed E-state index contributed by atoms with van der Waals surface area (Å²) in [6, 6.07) is 0. The van der Waals surface area contributed by atoms with Gasteiger partial charge in [-0.25, -0.2) is 4.79 Å². The van der Waals surface area contributed by atoms with Gasteiger partial charge in [-0.3, -0.25) is 0 Å². The number of fused-ring (bicyclic) bond motifs is 5. The number of esters is 1. The molecule has 26 heavy (non-hydrogen) atoms. The van der Waals surface area contributed by atoms with Crippen LogP contribution in [0.5, 0.6) is 0 Å². The number of hydrogen-bond acceptors (Lipinski definition) is 3. The lowest BCUT2D eigenvalue weighted by atomic mass is 9.44. The zero-order chi connectivity index (χ0) is 18.1. The normalized spacial score (nSPS) is 53.3. The monoisotopic (exact) mass is 358 g/mol. The molecule has 144 valence electrons. The fourth-order valence-electron chi connectivity index (χ4n) is 8.53. The highest BCUT2D eigenvalue weighted by atomic mass is 16.5. The van der Waals surface area contributed by atoms with E-state index in [9.17, 15) is 9.90 Å². The van der Waals surface area contributed by atoms with Crippen LogP contribution in [-0.4, -0.2) is 23.8 Å². The van der Waals surface area contributed by atoms with Crippen LogP contribution in [0.3, 0.4) is 0 Å². The molecule has 3 heteroatoms. The molecule has 5 aliphatic rings. The van der Waals surface area contributed by atoms with Gasteiger partial charge >= 0.3 is 5.97 Å². The molecule has 1 aliphatic heterocycles. The molecule has 4 aliphatic carbocycles. The Morgan fingerprint density at radius 2 is 1.92 bits per heavy atom. The van der Waals surface area contributed by atoms with Gasteiger partial charge in [0, 0.05) is 6.08 Å². The summed E-state index contributed by atoms with van der Waals surface area (Å²) in [6.07, 6.45) is 13.2. The zero-order valence-corrected chi connectivity index (χ0v) is 16.4. The highest BCUT2D eigenvalue weighted by molar-refractivity contribution is 5.85. The van der Waals surface area contributed by atoms with Gasteiger partial charge in [-0.1, -0.05) is 26.7 Å². The zero-order valence-electron chi connectivity index (χ0n) is 16.4. The van der Waals surface area contributed by atoms with Gasteiger partial charge in [0.25, 0.3) is 0 Å². The topological polar surface area (TPSA) is 46.5 Å². The van der Waals surface area contributed by atoms with Gasteiger partial charge in [-0.05, 0) is 90.9 Å². The minimum absolute atomic E-state index is 0.137. The molecule has 3 nitrogen and oxygen atoms in total. The third-order valence-electron chi connectivity index (χ3n) is 9.70. The fraction of sp³-hybridized carbons (Fsp3) is 0.870. The van der Waals surface area contributed by atoms with Gasteiger partial charge in [0.2, 0.25) is 0 Å². The Hall–Kier alpha value is -0.830. The summed E-state index contributed by atoms with van der Waals surface area (Å²) in [5, 5.41) is 11.2. The minimum atomic E-state index is -0.210. The van der Waals surface area contributed by atoms with E-state index in [0.717, 1.165) is 23.8 Å². The predicted molar refractivity (Wildman–Crippen MR) is 100 cm³/mol. The van der Waals surface area contributed by atoms with Crippen LogP contribution in [0.4, 0.5) is 0 Å². The minimum Gasteiger partial charge on any atom is -0.458 e. The van der Waals surface area contributed by atoms with E-state index in [-0.39, 0.29) is 17.5 Å². The average Bonchev–Trinajstić information content (AvgIpc) is 3.15. The summed E-state index contributed by atoms with van der Waals surface area (Å²) in [7, 11) is 0. The molecule has 0 bridgehead atoms. The number of hydrogen-bond donors (Lipinski definition) is 1. The molecule has 1 N–H and O–H groups in total. The largest absolute Gasteiger partial charge is 0.458 e. The molecular formula is C23H34O3. The maximum absolute atomic E-state index is 11.6. The Kier molecular flexibility index (Phi) is 3.88. The van der Waals surface area contributed by atoms with Crippen LogP contribution < -0.4 is 0 Å². The van der Waals surface area contributed by atoms with Gasteiger partial charge in [-0.2, -0.15) is 0 Å². The Morgan fingerprint density at radius 3 is 2.69 bits per heavy atom. The molecule has 8 atom stereocenters. The number of rotatable bonds is 1. The van der Waals surface area contributed by atoms with Crippen LogP contribution in [0.1, 0.15) is 71.6 Å². The lowest BCUT2D eigenvalue weighted by molar-refractivity contribution is -0.135. The van der Waals surface area contributed by atoms with E-state index < -0.39 is 0 Å². The molecule has 0 radical (unpaired) electrons. The molecular weight excluding hydrogens is 324 g/mol. The Labute approximate surface area is 157 Å². The molecule has 1 heterocycles. The van der Waals surface area contributed by atoms with Crippen molar-refractivity contribution >= 4 is 5.97 Å². The van der Waals surface area contributed by atoms with E-state index in [2.05, 4.69) is 13.8 Å². The number of aliphatic hydroxyl groups excluding tert-OH is 1. The molecule has 0 aromatic rings. The summed E-state index contributed by atoms with van der Waals surface area (Å²) in [4.78, 5) is 11.6. The van der Waals surface area contributed by atoms with Gasteiger partial charge in [0.1, 0.15) is 6.61 Å². The second-order valence-electron chi connectivity index (χ2n) is 10.5. The van der Waals surface area contributed by atoms with E-state index in [1.165, 1.54) is 51.4 Å². The van der Waals surface area contributed by atoms with E-state index in [0.29, 0.717) is 29.8 Å². The van der Waals surface area contributed by atoms with Crippen molar-refractivity contribution in [3.63, 3.8) is 0 Å². The standard InChI is InChI=1S/C23H34O3/c1-22-9-4-3-5-15(22)6-7-16-17(22)8-10-23(2)18(12-19(24)21(16)23)14-11-20(25)26-13-14/h11,15-19,21,24H,3-10,12-13H2,1-2H3/t15-,16-,17+,18-,19-,21+,22+,23-/m1/s1. The summed E-state index contributed by atoms with van der Waals surface area (Å²) < 4.78 is 5.22. The van der Waals surface area contributed by atoms with Crippen molar-refractivity contribution in [3.05, 3.63) is 11.6 Å². The SMILES string of the molecule is C[C@]12CC[C@H]3[C@@H](CC[C@H]4CCCC[C@@]43C)[C@H]1[C@H](O)C[C@@H]2C1=CC(=O)OC1. The third kappa shape index (κ3) is 2.25. The molecule has 5 rings (SSSR count). The third-order valence-corrected chi connectivity index (χ3v) is 9.70. The molecule has 0 aromatic heterocycles. The van der Waals surface area contributed by atoms with Crippen LogP contribution >= 0.6 is 0 Å². The van der Waals surface area contributed by atoms with Crippen molar-refractivity contribution in [2.75, 3.05) is 6.61 Å². The molecule has 0 saturated heterocycles. The number of carbonyl (C=O) groups is 1. The van der Waals surface area contributed by atoms with Crippen LogP contribution in [-0.2, 0) is 9.53 Å². The van der Waals surface area contributed by atoms with E-state index in [4.69, 9.17) is 4.74 Å². The Balaban J connectivity index is 1.47. The number of carbonyl (C=O) groups excluding carboxylic acids is 1. The first kappa shape index (κ1) is 17.3. The Morgan fingerprint density at radius 1 is 1.08 bits per heavy atom. The van der Waals surface area contributed by atoms with Gasteiger partial charge in [0.15, 0.2) is 0 Å². The highest BCUT2D eigenvalue weighted by Gasteiger charge is 2.62. The molecule has 0 amide bonds. The Bertz CT molecular complexity index is 639. The predicted octanol–water partition coefficient (Wildman–Crippen LogP) is 4.49. The number of aliphatic hydroxyl groups is 1. The van der Waals surface area contributed by atoms with Gasteiger partial charge in [-0.15, -0.1) is 0 Å². The van der Waals surface area contributed by atoms with Crippen molar-refractivity contribution in [1.29, 1.82) is 0 Å². The number of cyclic esters (lactones) is 1. The van der Waals surface area contributed by atoms with Crippen LogP contribution in [0.2, 0.25) is 0 Å². The molecule has 0 unspecified atom stereocenters. The van der Waals surface area contributed by atoms with E-state index in [1.807, 2.05) is 0 Å². The van der Waals surface area contributed by atoms with Crippen molar-refractivity contribution in [2.24, 2.45) is 40.4 Å². The van der Waals surface area contributed by atoms with Crippen LogP contribution in [0, 0.1) is 40.4 Å². The maximum Gasteiger partial charge on any atom is 0.331 e. The lowest BCUT2D eigenvalue weighted by Gasteiger charge is -2.60. The quantitative estimate of drug-likeness (QED) is 0.703. The lowest BCUT2D eigenvalue weighted by Crippen LogP contribution is -2.54. The highest BCUT2D eigenvalue weighted by Crippen LogP contribution is 2.68. The van der Waals surface area contributed by atoms with Crippen LogP contribution in [0.15, 0.2) is 11.6 Å². The first-order valence-corrected chi connectivity index (χ1v) is 11.0. The first-order valence-electron chi connectivity index (χ1n) is 11.0. The van der Waals surface area contributed by atoms with Crippen molar-refractivity contribution in [1.82, 2.24) is 0 Å². The first-order chi connectivity index (χ1) is 12.4. The molecule has 4 fully saturated rings. The fourth-order valence-corrected chi connectivity index (χ4v) is 8.53. The summed E-state index contributed by atoms with van der Waals surface area (Å²) in [6.45, 7) is 5.45. The summed E-state index contributed by atoms with van der Waals surface area (Å²) in [5.74, 6) is 2.93. The number of ether oxygens (including phenoxy) is 1. The van der Waals surface area contributed by atoms with Gasteiger partial charge in [0.05, 0.1) is 6.10 Å². The van der Waals surface area contributed by atoms with Gasteiger partial charge < -0.3 is 9.84 Å². The summed E-state index contributed by atoms with van der Waals surface area (Å²) >= 11 is 0.